The first-order valence-electron chi connectivity index (χ1n) is 10.7. The van der Waals surface area contributed by atoms with E-state index < -0.39 is 48.4 Å². The molecular formula is C25H24ClFN2O5. The van der Waals surface area contributed by atoms with Crippen LogP contribution in [0.25, 0.3) is 10.8 Å². The summed E-state index contributed by atoms with van der Waals surface area (Å²) < 4.78 is 19.5. The molecule has 1 aromatic heterocycles. The van der Waals surface area contributed by atoms with E-state index in [0.717, 1.165) is 5.56 Å². The number of carbonyl (C=O) groups is 3. The van der Waals surface area contributed by atoms with Gasteiger partial charge in [-0.2, -0.15) is 0 Å². The summed E-state index contributed by atoms with van der Waals surface area (Å²) in [7, 11) is 0. The molecule has 3 aromatic rings. The van der Waals surface area contributed by atoms with Gasteiger partial charge in [-0.3, -0.25) is 19.2 Å². The number of nitrogens with one attached hydrogen (secondary N) is 1. The van der Waals surface area contributed by atoms with Crippen molar-refractivity contribution in [2.24, 2.45) is 0 Å². The fourth-order valence-electron chi connectivity index (χ4n) is 3.55. The van der Waals surface area contributed by atoms with E-state index in [9.17, 15) is 23.6 Å². The summed E-state index contributed by atoms with van der Waals surface area (Å²) in [5.41, 5.74) is 0.313. The Morgan fingerprint density at radius 2 is 1.85 bits per heavy atom. The number of benzene rings is 2. The van der Waals surface area contributed by atoms with Crippen molar-refractivity contribution in [3.63, 3.8) is 0 Å². The molecule has 3 rings (SSSR count). The lowest BCUT2D eigenvalue weighted by Gasteiger charge is -2.22. The number of alkyl halides is 1. The van der Waals surface area contributed by atoms with Crippen LogP contribution >= 0.6 is 11.6 Å². The monoisotopic (exact) mass is 486 g/mol. The lowest BCUT2D eigenvalue weighted by molar-refractivity contribution is -0.147. The minimum absolute atomic E-state index is 0.0171. The largest absolute Gasteiger partial charge is 0.461 e. The average molecular weight is 487 g/mol. The highest BCUT2D eigenvalue weighted by Crippen LogP contribution is 2.18. The smallest absolute Gasteiger partial charge is 0.308 e. The molecule has 1 amide bonds. The molecule has 2 atom stereocenters. The number of rotatable bonds is 10. The molecule has 9 heteroatoms. The van der Waals surface area contributed by atoms with Crippen molar-refractivity contribution in [1.82, 2.24) is 9.88 Å². The molecule has 1 unspecified atom stereocenters. The number of nitrogens with zero attached hydrogens (tertiary/aromatic N) is 1. The van der Waals surface area contributed by atoms with Crippen LogP contribution in [0.15, 0.2) is 65.6 Å². The van der Waals surface area contributed by atoms with Gasteiger partial charge in [-0.05, 0) is 35.6 Å². The maximum Gasteiger partial charge on any atom is 0.308 e. The van der Waals surface area contributed by atoms with E-state index in [0.29, 0.717) is 15.8 Å². The summed E-state index contributed by atoms with van der Waals surface area (Å²) in [6.45, 7) is 0.317. The summed E-state index contributed by atoms with van der Waals surface area (Å²) in [4.78, 5) is 50.3. The Hall–Kier alpha value is -3.52. The zero-order chi connectivity index (χ0) is 24.7. The first-order valence-corrected chi connectivity index (χ1v) is 11.1. The Morgan fingerprint density at radius 1 is 1.12 bits per heavy atom. The topological polar surface area (TPSA) is 94.5 Å². The lowest BCUT2D eigenvalue weighted by atomic mass is 10.1. The Bertz CT molecular complexity index is 1250. The molecule has 0 spiro atoms. The number of aromatic nitrogens is 1. The number of halogens is 2. The molecule has 0 fully saturated rings. The third kappa shape index (κ3) is 6.08. The van der Waals surface area contributed by atoms with Crippen LogP contribution in [-0.4, -0.2) is 34.9 Å². The molecule has 0 aliphatic carbocycles. The van der Waals surface area contributed by atoms with Crippen molar-refractivity contribution in [2.75, 3.05) is 6.67 Å². The fraction of sp³-hybridized carbons (Fsp3) is 0.280. The summed E-state index contributed by atoms with van der Waals surface area (Å²) in [6.07, 6.45) is 1.17. The highest BCUT2D eigenvalue weighted by Gasteiger charge is 2.28. The molecule has 0 aliphatic rings. The standard InChI is InChI=1S/C25H24ClFN2O5/c1-2-21(29-11-10-17-8-9-18(26)12-19(17)25(29)33)24(32)28-20(22(30)14-27)13-23(31)34-15-16-6-4-3-5-7-16/h3-12,20-21H,2,13-15H2,1H3,(H,28,32)/t20?,21-/m0/s1. The SMILES string of the molecule is CC[C@@H](C(=O)NC(CC(=O)OCc1ccccc1)C(=O)CF)n1ccc2ccc(Cl)cc2c1=O. The number of ketones is 1. The van der Waals surface area contributed by atoms with Crippen LogP contribution in [0, 0.1) is 0 Å². The number of pyridine rings is 1. The second-order valence-electron chi connectivity index (χ2n) is 7.70. The van der Waals surface area contributed by atoms with Gasteiger partial charge in [0.25, 0.3) is 5.56 Å². The maximum absolute atomic E-state index is 13.2. The van der Waals surface area contributed by atoms with Gasteiger partial charge in [0.05, 0.1) is 6.42 Å². The molecule has 34 heavy (non-hydrogen) atoms. The second kappa shape index (κ2) is 11.6. The van der Waals surface area contributed by atoms with Gasteiger partial charge in [0.2, 0.25) is 5.91 Å². The van der Waals surface area contributed by atoms with E-state index in [-0.39, 0.29) is 13.0 Å². The normalized spacial score (nSPS) is 12.7. The van der Waals surface area contributed by atoms with Crippen LogP contribution in [-0.2, 0) is 25.7 Å². The molecule has 178 valence electrons. The maximum atomic E-state index is 13.2. The van der Waals surface area contributed by atoms with Gasteiger partial charge in [-0.1, -0.05) is 54.9 Å². The molecule has 0 aliphatic heterocycles. The number of esters is 1. The summed E-state index contributed by atoms with van der Waals surface area (Å²) in [5, 5.41) is 3.79. The van der Waals surface area contributed by atoms with E-state index >= 15 is 0 Å². The van der Waals surface area contributed by atoms with Crippen LogP contribution in [0.2, 0.25) is 5.02 Å². The zero-order valence-electron chi connectivity index (χ0n) is 18.5. The summed E-state index contributed by atoms with van der Waals surface area (Å²) in [6, 6.07) is 13.1. The predicted molar refractivity (Wildman–Crippen MR) is 126 cm³/mol. The van der Waals surface area contributed by atoms with E-state index in [1.165, 1.54) is 16.8 Å². The molecule has 1 N–H and O–H groups in total. The minimum atomic E-state index is -1.42. The minimum Gasteiger partial charge on any atom is -0.461 e. The summed E-state index contributed by atoms with van der Waals surface area (Å²) in [5.74, 6) is -2.41. The van der Waals surface area contributed by atoms with Gasteiger partial charge < -0.3 is 14.6 Å². The third-order valence-corrected chi connectivity index (χ3v) is 5.61. The number of carbonyl (C=O) groups excluding carboxylic acids is 3. The van der Waals surface area contributed by atoms with E-state index in [2.05, 4.69) is 5.32 Å². The van der Waals surface area contributed by atoms with Crippen molar-refractivity contribution in [3.05, 3.63) is 81.7 Å². The molecule has 7 nitrogen and oxygen atoms in total. The molecule has 1 heterocycles. The van der Waals surface area contributed by atoms with Gasteiger partial charge in [0, 0.05) is 16.6 Å². The van der Waals surface area contributed by atoms with E-state index in [1.807, 2.05) is 6.07 Å². The van der Waals surface area contributed by atoms with E-state index in [4.69, 9.17) is 16.3 Å². The second-order valence-corrected chi connectivity index (χ2v) is 8.13. The van der Waals surface area contributed by atoms with Crippen molar-refractivity contribution >= 4 is 40.0 Å². The highest BCUT2D eigenvalue weighted by atomic mass is 35.5. The Labute approximate surface area is 200 Å². The number of Topliss-reactive ketones (excluding diaryl/α,β-unsaturated/α-hetero) is 1. The fourth-order valence-corrected chi connectivity index (χ4v) is 3.72. The number of ether oxygens (including phenoxy) is 1. The van der Waals surface area contributed by atoms with Crippen LogP contribution in [0.4, 0.5) is 4.39 Å². The molecule has 0 saturated heterocycles. The van der Waals surface area contributed by atoms with Gasteiger partial charge in [0.1, 0.15) is 25.4 Å². The van der Waals surface area contributed by atoms with E-state index in [1.54, 1.807) is 49.4 Å². The lowest BCUT2D eigenvalue weighted by Crippen LogP contribution is -2.47. The predicted octanol–water partition coefficient (Wildman–Crippen LogP) is 3.76. The van der Waals surface area contributed by atoms with Crippen LogP contribution in [0.1, 0.15) is 31.4 Å². The molecule has 0 radical (unpaired) electrons. The quantitative estimate of drug-likeness (QED) is 0.440. The zero-order valence-corrected chi connectivity index (χ0v) is 19.3. The first-order chi connectivity index (χ1) is 16.3. The van der Waals surface area contributed by atoms with Gasteiger partial charge >= 0.3 is 5.97 Å². The number of hydrogen-bond donors (Lipinski definition) is 1. The van der Waals surface area contributed by atoms with Gasteiger partial charge in [0.15, 0.2) is 5.78 Å². The summed E-state index contributed by atoms with van der Waals surface area (Å²) >= 11 is 6.01. The van der Waals surface area contributed by atoms with Crippen molar-refractivity contribution in [2.45, 2.75) is 38.5 Å². The Balaban J connectivity index is 1.75. The number of amides is 1. The molecule has 0 saturated carbocycles. The number of hydrogen-bond acceptors (Lipinski definition) is 5. The molecule has 0 bridgehead atoms. The molecular weight excluding hydrogens is 463 g/mol. The van der Waals surface area contributed by atoms with Gasteiger partial charge in [-0.15, -0.1) is 0 Å². The average Bonchev–Trinajstić information content (AvgIpc) is 2.84. The van der Waals surface area contributed by atoms with Gasteiger partial charge in [-0.25, -0.2) is 4.39 Å². The Morgan fingerprint density at radius 3 is 2.53 bits per heavy atom. The third-order valence-electron chi connectivity index (χ3n) is 5.37. The van der Waals surface area contributed by atoms with Crippen LogP contribution < -0.4 is 10.9 Å². The molecule has 2 aromatic carbocycles. The van der Waals surface area contributed by atoms with Crippen molar-refractivity contribution < 1.29 is 23.5 Å². The Kier molecular flexibility index (Phi) is 8.54. The first kappa shape index (κ1) is 25.1. The van der Waals surface area contributed by atoms with Crippen LogP contribution in [0.5, 0.6) is 0 Å². The van der Waals surface area contributed by atoms with Crippen LogP contribution in [0.3, 0.4) is 0 Å². The number of fused-ring (bicyclic) bond motifs is 1. The van der Waals surface area contributed by atoms with Crippen molar-refractivity contribution in [3.8, 4) is 0 Å². The highest BCUT2D eigenvalue weighted by molar-refractivity contribution is 6.31. The van der Waals surface area contributed by atoms with Crippen molar-refractivity contribution in [1.29, 1.82) is 0 Å².